The quantitative estimate of drug-likeness (QED) is 0.654. The van der Waals surface area contributed by atoms with E-state index in [0.29, 0.717) is 12.0 Å². The van der Waals surface area contributed by atoms with Crippen LogP contribution in [0.4, 0.5) is 0 Å². The van der Waals surface area contributed by atoms with E-state index in [1.807, 2.05) is 14.0 Å². The number of nitrogens with one attached hydrogen (secondary N) is 2. The molecule has 138 valence electrons. The van der Waals surface area contributed by atoms with Crippen LogP contribution in [0.3, 0.4) is 0 Å². The Hall–Kier alpha value is -2.37. The summed E-state index contributed by atoms with van der Waals surface area (Å²) < 4.78 is 2.25. The van der Waals surface area contributed by atoms with Crippen molar-refractivity contribution in [3.63, 3.8) is 0 Å². The topological polar surface area (TPSA) is 67.1 Å². The number of rotatable bonds is 3. The van der Waals surface area contributed by atoms with Gasteiger partial charge in [0.15, 0.2) is 5.96 Å². The van der Waals surface area contributed by atoms with E-state index in [4.69, 9.17) is 0 Å². The SMILES string of the molecule is CN=C(NCC1CCc2nnc(C)n2C1)NC1CCc2ccccc2C1. The highest BCUT2D eigenvalue weighted by molar-refractivity contribution is 5.80. The maximum absolute atomic E-state index is 4.44. The van der Waals surface area contributed by atoms with E-state index in [9.17, 15) is 0 Å². The minimum atomic E-state index is 0.453. The maximum atomic E-state index is 4.44. The highest BCUT2D eigenvalue weighted by Gasteiger charge is 2.23. The Morgan fingerprint density at radius 1 is 1.19 bits per heavy atom. The Kier molecular flexibility index (Phi) is 4.91. The third-order valence-corrected chi connectivity index (χ3v) is 5.70. The van der Waals surface area contributed by atoms with Crippen molar-refractivity contribution < 1.29 is 0 Å². The third kappa shape index (κ3) is 3.59. The summed E-state index contributed by atoms with van der Waals surface area (Å²) in [6.07, 6.45) is 5.54. The fourth-order valence-electron chi connectivity index (χ4n) is 4.15. The molecule has 2 unspecified atom stereocenters. The Morgan fingerprint density at radius 3 is 2.88 bits per heavy atom. The molecule has 0 radical (unpaired) electrons. The van der Waals surface area contributed by atoms with Crippen LogP contribution in [-0.2, 0) is 25.8 Å². The molecule has 2 aromatic rings. The molecule has 0 spiro atoms. The van der Waals surface area contributed by atoms with Gasteiger partial charge < -0.3 is 15.2 Å². The van der Waals surface area contributed by atoms with Crippen molar-refractivity contribution in [3.05, 3.63) is 47.0 Å². The number of guanidine groups is 1. The van der Waals surface area contributed by atoms with Gasteiger partial charge >= 0.3 is 0 Å². The zero-order chi connectivity index (χ0) is 17.9. The van der Waals surface area contributed by atoms with Crippen LogP contribution in [0.25, 0.3) is 0 Å². The molecule has 6 heteroatoms. The number of hydrogen-bond donors (Lipinski definition) is 2. The average Bonchev–Trinajstić information content (AvgIpc) is 3.05. The van der Waals surface area contributed by atoms with E-state index in [1.54, 1.807) is 0 Å². The van der Waals surface area contributed by atoms with Crippen LogP contribution < -0.4 is 10.6 Å². The third-order valence-electron chi connectivity index (χ3n) is 5.70. The second-order valence-corrected chi connectivity index (χ2v) is 7.48. The lowest BCUT2D eigenvalue weighted by Crippen LogP contribution is -2.47. The van der Waals surface area contributed by atoms with Crippen LogP contribution in [0.5, 0.6) is 0 Å². The summed E-state index contributed by atoms with van der Waals surface area (Å²) in [4.78, 5) is 4.44. The summed E-state index contributed by atoms with van der Waals surface area (Å²) in [5.41, 5.74) is 2.96. The van der Waals surface area contributed by atoms with Crippen LogP contribution in [0.2, 0.25) is 0 Å². The molecule has 2 heterocycles. The Labute approximate surface area is 155 Å². The van der Waals surface area contributed by atoms with Crippen LogP contribution in [-0.4, -0.2) is 40.4 Å². The fraction of sp³-hybridized carbons (Fsp3) is 0.550. The maximum Gasteiger partial charge on any atom is 0.191 e. The van der Waals surface area contributed by atoms with Crippen molar-refractivity contribution in [2.45, 2.75) is 51.6 Å². The lowest BCUT2D eigenvalue weighted by molar-refractivity contribution is 0.357. The van der Waals surface area contributed by atoms with Crippen LogP contribution in [0.1, 0.15) is 35.6 Å². The molecule has 0 bridgehead atoms. The van der Waals surface area contributed by atoms with Gasteiger partial charge in [0.25, 0.3) is 0 Å². The first kappa shape index (κ1) is 17.1. The molecule has 0 amide bonds. The van der Waals surface area contributed by atoms with Crippen LogP contribution in [0.15, 0.2) is 29.3 Å². The predicted octanol–water partition coefficient (Wildman–Crippen LogP) is 1.87. The van der Waals surface area contributed by atoms with Gasteiger partial charge in [0, 0.05) is 32.6 Å². The summed E-state index contributed by atoms with van der Waals surface area (Å²) >= 11 is 0. The molecule has 0 saturated heterocycles. The minimum absolute atomic E-state index is 0.453. The number of benzene rings is 1. The van der Waals surface area contributed by atoms with Crippen molar-refractivity contribution in [2.24, 2.45) is 10.9 Å². The molecule has 1 aromatic carbocycles. The standard InChI is InChI=1S/C20H28N6/c1-14-24-25-19-10-7-15(13-26(14)19)12-22-20(21-2)23-18-9-8-16-5-3-4-6-17(16)11-18/h3-6,15,18H,7-13H2,1-2H3,(H2,21,22,23). The number of nitrogens with zero attached hydrogens (tertiary/aromatic N) is 4. The Bertz CT molecular complexity index is 793. The molecule has 1 aromatic heterocycles. The minimum Gasteiger partial charge on any atom is -0.356 e. The van der Waals surface area contributed by atoms with Gasteiger partial charge in [0.1, 0.15) is 11.6 Å². The monoisotopic (exact) mass is 352 g/mol. The second-order valence-electron chi connectivity index (χ2n) is 7.48. The number of aliphatic imine (C=N–C) groups is 1. The molecule has 26 heavy (non-hydrogen) atoms. The summed E-state index contributed by atoms with van der Waals surface area (Å²) in [7, 11) is 1.86. The lowest BCUT2D eigenvalue weighted by Gasteiger charge is -2.28. The van der Waals surface area contributed by atoms with Gasteiger partial charge in [-0.1, -0.05) is 24.3 Å². The van der Waals surface area contributed by atoms with Crippen LogP contribution >= 0.6 is 0 Å². The van der Waals surface area contributed by atoms with Crippen LogP contribution in [0, 0.1) is 12.8 Å². The van der Waals surface area contributed by atoms with E-state index in [-0.39, 0.29) is 0 Å². The highest BCUT2D eigenvalue weighted by Crippen LogP contribution is 2.21. The molecule has 2 N–H and O–H groups in total. The van der Waals surface area contributed by atoms with E-state index in [1.165, 1.54) is 11.1 Å². The van der Waals surface area contributed by atoms with Crippen molar-refractivity contribution in [1.82, 2.24) is 25.4 Å². The first-order valence-electron chi connectivity index (χ1n) is 9.65. The van der Waals surface area contributed by atoms with Gasteiger partial charge in [-0.15, -0.1) is 10.2 Å². The molecule has 0 fully saturated rings. The fourth-order valence-corrected chi connectivity index (χ4v) is 4.15. The zero-order valence-corrected chi connectivity index (χ0v) is 15.7. The Balaban J connectivity index is 1.30. The molecule has 1 aliphatic heterocycles. The molecule has 2 aliphatic rings. The molecular weight excluding hydrogens is 324 g/mol. The second kappa shape index (κ2) is 7.48. The first-order chi connectivity index (χ1) is 12.7. The first-order valence-corrected chi connectivity index (χ1v) is 9.65. The van der Waals surface area contributed by atoms with Gasteiger partial charge in [0.05, 0.1) is 0 Å². The zero-order valence-electron chi connectivity index (χ0n) is 15.7. The molecule has 0 saturated carbocycles. The molecule has 2 atom stereocenters. The van der Waals surface area contributed by atoms with Gasteiger partial charge in [-0.05, 0) is 49.7 Å². The average molecular weight is 352 g/mol. The summed E-state index contributed by atoms with van der Waals surface area (Å²) in [6, 6.07) is 9.23. The number of hydrogen-bond acceptors (Lipinski definition) is 3. The van der Waals surface area contributed by atoms with Gasteiger partial charge in [0.2, 0.25) is 0 Å². The molecule has 1 aliphatic carbocycles. The van der Waals surface area contributed by atoms with Crippen molar-refractivity contribution in [3.8, 4) is 0 Å². The lowest BCUT2D eigenvalue weighted by atomic mass is 9.88. The van der Waals surface area contributed by atoms with E-state index < -0.39 is 0 Å². The van der Waals surface area contributed by atoms with E-state index >= 15 is 0 Å². The van der Waals surface area contributed by atoms with Gasteiger partial charge in [-0.2, -0.15) is 0 Å². The number of fused-ring (bicyclic) bond motifs is 2. The molecule has 4 rings (SSSR count). The Morgan fingerprint density at radius 2 is 2.04 bits per heavy atom. The highest BCUT2D eigenvalue weighted by atomic mass is 15.3. The summed E-state index contributed by atoms with van der Waals surface area (Å²) in [5, 5.41) is 15.6. The normalized spacial score (nSPS) is 22.5. The van der Waals surface area contributed by atoms with E-state index in [0.717, 1.165) is 62.8 Å². The molecular formula is C20H28N6. The predicted molar refractivity (Wildman–Crippen MR) is 103 cm³/mol. The number of aryl methyl sites for hydroxylation is 3. The molecule has 6 nitrogen and oxygen atoms in total. The van der Waals surface area contributed by atoms with Crippen molar-refractivity contribution in [1.29, 1.82) is 0 Å². The largest absolute Gasteiger partial charge is 0.356 e. The van der Waals surface area contributed by atoms with Crippen molar-refractivity contribution in [2.75, 3.05) is 13.6 Å². The van der Waals surface area contributed by atoms with Gasteiger partial charge in [-0.3, -0.25) is 4.99 Å². The van der Waals surface area contributed by atoms with Crippen molar-refractivity contribution >= 4 is 5.96 Å². The number of aromatic nitrogens is 3. The summed E-state index contributed by atoms with van der Waals surface area (Å²) in [6.45, 7) is 3.96. The van der Waals surface area contributed by atoms with E-state index in [2.05, 4.69) is 54.7 Å². The smallest absolute Gasteiger partial charge is 0.191 e. The van der Waals surface area contributed by atoms with Gasteiger partial charge in [-0.25, -0.2) is 0 Å². The summed E-state index contributed by atoms with van der Waals surface area (Å²) in [5.74, 6) is 3.65.